The lowest BCUT2D eigenvalue weighted by Crippen LogP contribution is -2.53. The summed E-state index contributed by atoms with van der Waals surface area (Å²) in [6, 6.07) is 14.2. The van der Waals surface area contributed by atoms with Gasteiger partial charge in [0, 0.05) is 12.5 Å². The first-order valence-electron chi connectivity index (χ1n) is 9.84. The van der Waals surface area contributed by atoms with Crippen LogP contribution in [0.4, 0.5) is 0 Å². The fourth-order valence-electron chi connectivity index (χ4n) is 3.51. The van der Waals surface area contributed by atoms with Crippen molar-refractivity contribution in [2.45, 2.75) is 38.3 Å². The van der Waals surface area contributed by atoms with E-state index in [1.54, 1.807) is 24.3 Å². The van der Waals surface area contributed by atoms with Crippen molar-refractivity contribution in [3.8, 4) is 0 Å². The summed E-state index contributed by atoms with van der Waals surface area (Å²) in [7, 11) is 1.29. The molecule has 0 aliphatic carbocycles. The highest BCUT2D eigenvalue weighted by Crippen LogP contribution is 2.26. The molecule has 0 saturated carbocycles. The van der Waals surface area contributed by atoms with Crippen molar-refractivity contribution in [2.75, 3.05) is 7.11 Å². The summed E-state index contributed by atoms with van der Waals surface area (Å²) in [5.41, 5.74) is 1.39. The number of carbonyl (C=O) groups excluding carboxylic acids is 4. The van der Waals surface area contributed by atoms with E-state index in [2.05, 4.69) is 10.1 Å². The van der Waals surface area contributed by atoms with Crippen molar-refractivity contribution < 1.29 is 23.9 Å². The summed E-state index contributed by atoms with van der Waals surface area (Å²) >= 11 is 0. The van der Waals surface area contributed by atoms with E-state index >= 15 is 0 Å². The third kappa shape index (κ3) is 4.40. The molecule has 0 aromatic heterocycles. The smallest absolute Gasteiger partial charge is 0.307 e. The number of hydrogen-bond acceptors (Lipinski definition) is 5. The summed E-state index contributed by atoms with van der Waals surface area (Å²) in [6.07, 6.45) is 0.687. The molecule has 7 heteroatoms. The molecule has 0 bridgehead atoms. The fraction of sp³-hybridized carbons (Fsp3) is 0.304. The quantitative estimate of drug-likeness (QED) is 0.535. The molecule has 0 saturated heterocycles. The minimum atomic E-state index is -1.04. The fourth-order valence-corrected chi connectivity index (χ4v) is 3.51. The maximum absolute atomic E-state index is 13.2. The minimum absolute atomic E-state index is 0.0128. The van der Waals surface area contributed by atoms with Gasteiger partial charge in [-0.1, -0.05) is 49.4 Å². The van der Waals surface area contributed by atoms with Gasteiger partial charge in [0.05, 0.1) is 24.7 Å². The molecular formula is C23H24N2O5. The van der Waals surface area contributed by atoms with Gasteiger partial charge in [-0.05, 0) is 24.1 Å². The molecule has 3 rings (SSSR count). The zero-order chi connectivity index (χ0) is 21.7. The van der Waals surface area contributed by atoms with E-state index in [4.69, 9.17) is 0 Å². The Kier molecular flexibility index (Phi) is 6.61. The lowest BCUT2D eigenvalue weighted by Gasteiger charge is -2.27. The number of amides is 3. The van der Waals surface area contributed by atoms with Crippen LogP contribution in [0.1, 0.15) is 46.0 Å². The van der Waals surface area contributed by atoms with E-state index in [-0.39, 0.29) is 24.0 Å². The van der Waals surface area contributed by atoms with Gasteiger partial charge >= 0.3 is 5.97 Å². The monoisotopic (exact) mass is 408 g/mol. The highest BCUT2D eigenvalue weighted by molar-refractivity contribution is 6.22. The van der Waals surface area contributed by atoms with Crippen molar-refractivity contribution in [3.63, 3.8) is 0 Å². The Balaban J connectivity index is 1.89. The normalized spacial score (nSPS) is 14.8. The molecule has 1 heterocycles. The number of esters is 1. The standard InChI is InChI=1S/C23H24N2O5/c1-3-16(14-20(26)30-2)24-21(27)19(13-15-9-5-4-6-10-15)25-22(28)17-11-7-8-12-18(17)23(25)29/h4-12,16,19H,3,13-14H2,1-2H3,(H,24,27). The first-order valence-corrected chi connectivity index (χ1v) is 9.84. The van der Waals surface area contributed by atoms with Crippen LogP contribution in [0, 0.1) is 0 Å². The Morgan fingerprint density at radius 2 is 1.53 bits per heavy atom. The van der Waals surface area contributed by atoms with Gasteiger partial charge in [0.15, 0.2) is 0 Å². The Morgan fingerprint density at radius 1 is 0.967 bits per heavy atom. The van der Waals surface area contributed by atoms with Crippen molar-refractivity contribution in [1.29, 1.82) is 0 Å². The molecule has 2 atom stereocenters. The Bertz CT molecular complexity index is 922. The average molecular weight is 408 g/mol. The van der Waals surface area contributed by atoms with Crippen LogP contribution in [-0.2, 0) is 20.7 Å². The molecule has 0 spiro atoms. The van der Waals surface area contributed by atoms with Crippen molar-refractivity contribution in [2.24, 2.45) is 0 Å². The van der Waals surface area contributed by atoms with Crippen molar-refractivity contribution in [1.82, 2.24) is 10.2 Å². The number of carbonyl (C=O) groups is 4. The molecule has 2 aromatic carbocycles. The Labute approximate surface area is 175 Å². The number of nitrogens with one attached hydrogen (secondary N) is 1. The highest BCUT2D eigenvalue weighted by atomic mass is 16.5. The number of nitrogens with zero attached hydrogens (tertiary/aromatic N) is 1. The van der Waals surface area contributed by atoms with Crippen LogP contribution in [0.3, 0.4) is 0 Å². The van der Waals surface area contributed by atoms with Crippen molar-refractivity contribution >= 4 is 23.7 Å². The topological polar surface area (TPSA) is 92.8 Å². The lowest BCUT2D eigenvalue weighted by molar-refractivity contribution is -0.141. The lowest BCUT2D eigenvalue weighted by atomic mass is 10.0. The van der Waals surface area contributed by atoms with Gasteiger partial charge in [0.2, 0.25) is 5.91 Å². The SMILES string of the molecule is CCC(CC(=O)OC)NC(=O)C(Cc1ccccc1)N1C(=O)c2ccccc2C1=O. The molecule has 3 amide bonds. The van der Waals surface area contributed by atoms with E-state index in [1.165, 1.54) is 7.11 Å². The molecule has 0 fully saturated rings. The van der Waals surface area contributed by atoms with Crippen molar-refractivity contribution in [3.05, 3.63) is 71.3 Å². The van der Waals surface area contributed by atoms with Crippen LogP contribution in [0.15, 0.2) is 54.6 Å². The van der Waals surface area contributed by atoms with E-state index < -0.39 is 35.8 Å². The van der Waals surface area contributed by atoms with E-state index in [1.807, 2.05) is 37.3 Å². The summed E-state index contributed by atoms with van der Waals surface area (Å²) in [6.45, 7) is 1.84. The third-order valence-electron chi connectivity index (χ3n) is 5.19. The zero-order valence-electron chi connectivity index (χ0n) is 17.0. The second kappa shape index (κ2) is 9.35. The number of hydrogen-bond donors (Lipinski definition) is 1. The van der Waals surface area contributed by atoms with Gasteiger partial charge in [0.25, 0.3) is 11.8 Å². The van der Waals surface area contributed by atoms with E-state index in [9.17, 15) is 19.2 Å². The predicted molar refractivity (Wildman–Crippen MR) is 110 cm³/mol. The number of ether oxygens (including phenoxy) is 1. The van der Waals surface area contributed by atoms with Gasteiger partial charge < -0.3 is 10.1 Å². The largest absolute Gasteiger partial charge is 0.469 e. The van der Waals surface area contributed by atoms with Gasteiger partial charge in [-0.2, -0.15) is 0 Å². The van der Waals surface area contributed by atoms with Gasteiger partial charge in [0.1, 0.15) is 6.04 Å². The van der Waals surface area contributed by atoms with Gasteiger partial charge in [-0.25, -0.2) is 0 Å². The molecule has 1 aliphatic rings. The summed E-state index contributed by atoms with van der Waals surface area (Å²) < 4.78 is 4.69. The number of benzene rings is 2. The first-order chi connectivity index (χ1) is 14.5. The molecule has 1 N–H and O–H groups in total. The number of imide groups is 1. The molecule has 30 heavy (non-hydrogen) atoms. The second-order valence-corrected chi connectivity index (χ2v) is 7.13. The zero-order valence-corrected chi connectivity index (χ0v) is 17.0. The van der Waals surface area contributed by atoms with Crippen LogP contribution >= 0.6 is 0 Å². The summed E-state index contributed by atoms with van der Waals surface area (Å²) in [5.74, 6) is -1.91. The second-order valence-electron chi connectivity index (χ2n) is 7.13. The number of fused-ring (bicyclic) bond motifs is 1. The first kappa shape index (κ1) is 21.2. The van der Waals surface area contributed by atoms with Crippen LogP contribution in [0.5, 0.6) is 0 Å². The number of methoxy groups -OCH3 is 1. The van der Waals surface area contributed by atoms with Gasteiger partial charge in [-0.15, -0.1) is 0 Å². The molecular weight excluding hydrogens is 384 g/mol. The molecule has 1 aliphatic heterocycles. The summed E-state index contributed by atoms with van der Waals surface area (Å²) in [5, 5.41) is 2.81. The predicted octanol–water partition coefficient (Wildman–Crippen LogP) is 2.35. The molecule has 2 aromatic rings. The highest BCUT2D eigenvalue weighted by Gasteiger charge is 2.43. The average Bonchev–Trinajstić information content (AvgIpc) is 3.02. The van der Waals surface area contributed by atoms with Gasteiger partial charge in [-0.3, -0.25) is 24.1 Å². The van der Waals surface area contributed by atoms with E-state index in [0.717, 1.165) is 10.5 Å². The maximum Gasteiger partial charge on any atom is 0.307 e. The van der Waals surface area contributed by atoms with E-state index in [0.29, 0.717) is 6.42 Å². The molecule has 7 nitrogen and oxygen atoms in total. The molecule has 156 valence electrons. The van der Waals surface area contributed by atoms with Crippen LogP contribution in [0.25, 0.3) is 0 Å². The summed E-state index contributed by atoms with van der Waals surface area (Å²) in [4.78, 5) is 51.8. The maximum atomic E-state index is 13.2. The third-order valence-corrected chi connectivity index (χ3v) is 5.19. The number of rotatable bonds is 8. The Hall–Kier alpha value is -3.48. The molecule has 2 unspecified atom stereocenters. The van der Waals surface area contributed by atoms with Crippen LogP contribution in [-0.4, -0.2) is 47.8 Å². The van der Waals surface area contributed by atoms with Crippen LogP contribution in [0.2, 0.25) is 0 Å². The van der Waals surface area contributed by atoms with Crippen LogP contribution < -0.4 is 5.32 Å². The Morgan fingerprint density at radius 3 is 2.07 bits per heavy atom. The minimum Gasteiger partial charge on any atom is -0.469 e. The molecule has 0 radical (unpaired) electrons.